The van der Waals surface area contributed by atoms with Crippen molar-refractivity contribution < 1.29 is 23.9 Å². The number of nitro benzene ring substituents is 1. The normalized spacial score (nSPS) is 15.1. The Bertz CT molecular complexity index is 2440. The van der Waals surface area contributed by atoms with Gasteiger partial charge in [-0.25, -0.2) is 14.8 Å². The third-order valence-corrected chi connectivity index (χ3v) is 10.4. The number of H-pyrrole nitrogens is 1. The van der Waals surface area contributed by atoms with E-state index in [9.17, 15) is 19.7 Å². The van der Waals surface area contributed by atoms with Gasteiger partial charge in [-0.05, 0) is 78.7 Å². The van der Waals surface area contributed by atoms with Crippen LogP contribution >= 0.6 is 46.3 Å². The number of rotatable bonds is 10. The molecule has 0 amide bonds. The van der Waals surface area contributed by atoms with Crippen molar-refractivity contribution in [2.75, 3.05) is 13.4 Å². The van der Waals surface area contributed by atoms with Gasteiger partial charge in [-0.1, -0.05) is 60.0 Å². The fraction of sp³-hybridized carbons (Fsp3) is 0.206. The maximum Gasteiger partial charge on any atom is 0.338 e. The first-order chi connectivity index (χ1) is 24.6. The summed E-state index contributed by atoms with van der Waals surface area (Å²) in [4.78, 5) is 49.3. The van der Waals surface area contributed by atoms with Gasteiger partial charge in [0.25, 0.3) is 11.2 Å². The van der Waals surface area contributed by atoms with Crippen LogP contribution in [-0.4, -0.2) is 44.0 Å². The Kier molecular flexibility index (Phi) is 9.70. The zero-order chi connectivity index (χ0) is 35.8. The van der Waals surface area contributed by atoms with Gasteiger partial charge < -0.3 is 14.2 Å². The number of hydrogen-bond donors (Lipinski definition) is 1. The number of thiazole rings is 1. The third-order valence-electron chi connectivity index (χ3n) is 7.93. The second-order valence-electron chi connectivity index (χ2n) is 11.2. The highest BCUT2D eigenvalue weighted by Crippen LogP contribution is 2.39. The number of allylic oxidation sites excluding steroid dienone is 1. The smallest absolute Gasteiger partial charge is 0.338 e. The number of aromatic nitrogens is 4. The molecule has 0 spiro atoms. The lowest BCUT2D eigenvalue weighted by Gasteiger charge is -2.25. The highest BCUT2D eigenvalue weighted by molar-refractivity contribution is 7.99. The third kappa shape index (κ3) is 6.77. The lowest BCUT2D eigenvalue weighted by atomic mass is 9.94. The van der Waals surface area contributed by atoms with Crippen LogP contribution in [0.2, 0.25) is 10.0 Å². The van der Waals surface area contributed by atoms with Crippen molar-refractivity contribution in [3.63, 3.8) is 0 Å². The number of benzene rings is 3. The van der Waals surface area contributed by atoms with Gasteiger partial charge in [0, 0.05) is 16.7 Å². The average molecular weight is 766 g/mol. The highest BCUT2D eigenvalue weighted by Gasteiger charge is 2.35. The van der Waals surface area contributed by atoms with Crippen LogP contribution in [0.4, 0.5) is 5.69 Å². The predicted molar refractivity (Wildman–Crippen MR) is 191 cm³/mol. The molecule has 1 atom stereocenters. The summed E-state index contributed by atoms with van der Waals surface area (Å²) >= 11 is 14.4. The van der Waals surface area contributed by atoms with Crippen LogP contribution in [0, 0.1) is 10.1 Å². The first-order valence-corrected chi connectivity index (χ1v) is 18.0. The van der Waals surface area contributed by atoms with E-state index in [-0.39, 0.29) is 39.2 Å². The number of aromatic amines is 1. The molecule has 17 heteroatoms. The Morgan fingerprint density at radius 1 is 1.16 bits per heavy atom. The van der Waals surface area contributed by atoms with Gasteiger partial charge in [-0.15, -0.1) is 5.10 Å². The van der Waals surface area contributed by atoms with Crippen molar-refractivity contribution in [3.05, 3.63) is 117 Å². The molecule has 3 aromatic carbocycles. The SMILES string of the molecule is CCCC1=C(C(=O)OCC)[C@H](c2ccc3c(c2)OCO3)n2c(s/c(=C/c3ccc(Sc4n[nH]c(-c5ccc(Cl)cc5Cl)n4)c([N+](=O)[O-])c3)c2=O)=N1. The lowest BCUT2D eigenvalue weighted by molar-refractivity contribution is -0.387. The monoisotopic (exact) mass is 764 g/mol. The van der Waals surface area contributed by atoms with Gasteiger partial charge in [-0.3, -0.25) is 24.6 Å². The minimum absolute atomic E-state index is 0.0597. The van der Waals surface area contributed by atoms with Crippen molar-refractivity contribution in [1.82, 2.24) is 19.7 Å². The van der Waals surface area contributed by atoms with Gasteiger partial charge in [0.15, 0.2) is 22.1 Å². The molecule has 1 N–H and O–H groups in total. The molecule has 0 aliphatic carbocycles. The lowest BCUT2D eigenvalue weighted by Crippen LogP contribution is -2.40. The van der Waals surface area contributed by atoms with Crippen molar-refractivity contribution in [1.29, 1.82) is 0 Å². The fourth-order valence-corrected chi connectivity index (χ4v) is 8.03. The maximum atomic E-state index is 14.2. The van der Waals surface area contributed by atoms with Crippen LogP contribution < -0.4 is 24.4 Å². The summed E-state index contributed by atoms with van der Waals surface area (Å²) < 4.78 is 18.3. The predicted octanol–water partition coefficient (Wildman–Crippen LogP) is 6.46. The van der Waals surface area contributed by atoms with Crippen molar-refractivity contribution in [2.45, 2.75) is 42.8 Å². The van der Waals surface area contributed by atoms with E-state index >= 15 is 0 Å². The Balaban J connectivity index is 1.28. The summed E-state index contributed by atoms with van der Waals surface area (Å²) in [6.45, 7) is 3.89. The molecule has 2 aromatic heterocycles. The molecule has 0 fully saturated rings. The summed E-state index contributed by atoms with van der Waals surface area (Å²) in [7, 11) is 0. The zero-order valence-electron chi connectivity index (χ0n) is 26.8. The van der Waals surface area contributed by atoms with Gasteiger partial charge >= 0.3 is 5.97 Å². The van der Waals surface area contributed by atoms with Gasteiger partial charge in [0.05, 0.1) is 43.3 Å². The summed E-state index contributed by atoms with van der Waals surface area (Å²) in [5.74, 6) is 0.854. The maximum absolute atomic E-state index is 14.2. The largest absolute Gasteiger partial charge is 0.463 e. The van der Waals surface area contributed by atoms with Crippen LogP contribution in [0.1, 0.15) is 43.9 Å². The number of nitro groups is 1. The molecule has 0 saturated carbocycles. The van der Waals surface area contributed by atoms with E-state index in [1.165, 1.54) is 10.6 Å². The molecule has 2 aliphatic rings. The summed E-state index contributed by atoms with van der Waals surface area (Å²) in [5.41, 5.74) is 1.77. The molecule has 0 saturated heterocycles. The molecule has 260 valence electrons. The molecule has 7 rings (SSSR count). The fourth-order valence-electron chi connectivity index (χ4n) is 5.72. The molecule has 0 unspecified atom stereocenters. The number of halogens is 2. The van der Waals surface area contributed by atoms with Crippen molar-refractivity contribution >= 4 is 64.0 Å². The van der Waals surface area contributed by atoms with E-state index < -0.39 is 22.5 Å². The van der Waals surface area contributed by atoms with E-state index in [1.54, 1.807) is 61.5 Å². The van der Waals surface area contributed by atoms with Crippen LogP contribution in [-0.2, 0) is 9.53 Å². The topological polar surface area (TPSA) is 164 Å². The molecule has 51 heavy (non-hydrogen) atoms. The van der Waals surface area contributed by atoms with Crippen LogP contribution in [0.15, 0.2) is 85.7 Å². The van der Waals surface area contributed by atoms with Crippen molar-refractivity contribution in [3.8, 4) is 22.9 Å². The minimum Gasteiger partial charge on any atom is -0.463 e. The zero-order valence-corrected chi connectivity index (χ0v) is 30.0. The minimum atomic E-state index is -0.861. The second kappa shape index (κ2) is 14.3. The quantitative estimate of drug-likeness (QED) is 0.0949. The van der Waals surface area contributed by atoms with E-state index in [2.05, 4.69) is 15.2 Å². The Hall–Kier alpha value is -4.96. The average Bonchev–Trinajstić information content (AvgIpc) is 3.84. The van der Waals surface area contributed by atoms with E-state index in [0.29, 0.717) is 67.4 Å². The first-order valence-electron chi connectivity index (χ1n) is 15.6. The Morgan fingerprint density at radius 2 is 1.98 bits per heavy atom. The van der Waals surface area contributed by atoms with E-state index in [4.69, 9.17) is 42.4 Å². The molecular weight excluding hydrogens is 739 g/mol. The molecule has 0 radical (unpaired) electrons. The van der Waals surface area contributed by atoms with Crippen LogP contribution in [0.3, 0.4) is 0 Å². The second-order valence-corrected chi connectivity index (χ2v) is 14.1. The highest BCUT2D eigenvalue weighted by atomic mass is 35.5. The number of esters is 1. The number of fused-ring (bicyclic) bond motifs is 2. The van der Waals surface area contributed by atoms with Crippen LogP contribution in [0.5, 0.6) is 11.5 Å². The summed E-state index contributed by atoms with van der Waals surface area (Å²) in [6.07, 6.45) is 2.75. The van der Waals surface area contributed by atoms with Crippen molar-refractivity contribution in [2.24, 2.45) is 4.99 Å². The Morgan fingerprint density at radius 3 is 2.75 bits per heavy atom. The Labute approximate surface area is 307 Å². The number of nitrogens with zero attached hydrogens (tertiary/aromatic N) is 5. The number of ether oxygens (including phenoxy) is 3. The van der Waals surface area contributed by atoms with E-state index in [1.807, 2.05) is 6.92 Å². The summed E-state index contributed by atoms with van der Waals surface area (Å²) in [5, 5.41) is 20.3. The molecule has 0 bridgehead atoms. The molecule has 4 heterocycles. The van der Waals surface area contributed by atoms with Gasteiger partial charge in [-0.2, -0.15) is 0 Å². The number of hydrogen-bond acceptors (Lipinski definition) is 12. The van der Waals surface area contributed by atoms with Crippen LogP contribution in [0.25, 0.3) is 17.5 Å². The van der Waals surface area contributed by atoms with Gasteiger partial charge in [0.1, 0.15) is 0 Å². The number of carbonyl (C=O) groups excluding carboxylic acids is 1. The molecule has 13 nitrogen and oxygen atoms in total. The molecular formula is C34H26Cl2N6O7S2. The van der Waals surface area contributed by atoms with Gasteiger partial charge in [0.2, 0.25) is 11.9 Å². The molecule has 5 aromatic rings. The van der Waals surface area contributed by atoms with E-state index in [0.717, 1.165) is 23.1 Å². The number of carbonyl (C=O) groups is 1. The standard InChI is InChI=1S/C34H26Cl2N6O7S2/c1-3-5-22-28(32(44)47-4-2)29(18-7-10-24-25(14-18)49-16-48-24)41-31(43)27(51-34(41)37-22)13-17-6-11-26(23(12-17)42(45)46)50-33-38-30(39-40-33)20-9-8-19(35)15-21(20)36/h6-15,29H,3-5,16H2,1-2H3,(H,38,39,40)/b27-13+/t29-/m0/s1. The first kappa shape index (κ1) is 34.5. The summed E-state index contributed by atoms with van der Waals surface area (Å²) in [6, 6.07) is 14.0. The number of nitrogens with one attached hydrogen (secondary N) is 1. The molecule has 2 aliphatic heterocycles.